The predicted octanol–water partition coefficient (Wildman–Crippen LogP) is 3.34. The highest BCUT2D eigenvalue weighted by Crippen LogP contribution is 2.17. The van der Waals surface area contributed by atoms with Gasteiger partial charge in [-0.25, -0.2) is 17.1 Å². The van der Waals surface area contributed by atoms with Crippen molar-refractivity contribution in [3.05, 3.63) is 34.6 Å². The van der Waals surface area contributed by atoms with Gasteiger partial charge in [-0.1, -0.05) is 39.3 Å². The molecule has 7 nitrogen and oxygen atoms in total. The Balaban J connectivity index is 2.85. The van der Waals surface area contributed by atoms with Crippen molar-refractivity contribution < 1.29 is 22.7 Å². The van der Waals surface area contributed by atoms with Crippen molar-refractivity contribution in [2.24, 2.45) is 5.92 Å². The summed E-state index contributed by atoms with van der Waals surface area (Å²) < 4.78 is 40.5. The number of hydrogen-bond acceptors (Lipinski definition) is 5. The van der Waals surface area contributed by atoms with E-state index >= 15 is 0 Å². The largest absolute Gasteiger partial charge is 0.390 e. The summed E-state index contributed by atoms with van der Waals surface area (Å²) in [6, 6.07) is 3.34. The van der Waals surface area contributed by atoms with Gasteiger partial charge in [0.1, 0.15) is 5.82 Å². The van der Waals surface area contributed by atoms with Crippen molar-refractivity contribution in [1.29, 1.82) is 0 Å². The van der Waals surface area contributed by atoms with Crippen LogP contribution in [0.25, 0.3) is 0 Å². The van der Waals surface area contributed by atoms with E-state index in [1.807, 2.05) is 13.8 Å². The molecule has 1 amide bonds. The third-order valence-corrected chi connectivity index (χ3v) is 7.46. The highest BCUT2D eigenvalue weighted by atomic mass is 35.5. The lowest BCUT2D eigenvalue weighted by atomic mass is 10.0. The molecule has 196 valence electrons. The normalized spacial score (nSPS) is 13.9. The average Bonchev–Trinajstić information content (AvgIpc) is 2.74. The highest BCUT2D eigenvalue weighted by molar-refractivity contribution is 7.89. The lowest BCUT2D eigenvalue weighted by Crippen LogP contribution is -2.49. The molecule has 10 heteroatoms. The molecule has 0 saturated carbocycles. The zero-order valence-corrected chi connectivity index (χ0v) is 22.4. The Hall–Kier alpha value is -1.26. The summed E-state index contributed by atoms with van der Waals surface area (Å²) in [4.78, 5) is 12.7. The number of amides is 1. The van der Waals surface area contributed by atoms with Crippen LogP contribution in [0.1, 0.15) is 58.9 Å². The molecule has 3 N–H and O–H groups in total. The summed E-state index contributed by atoms with van der Waals surface area (Å²) in [5, 5.41) is 16.9. The number of benzene rings is 1. The minimum atomic E-state index is -3.56. The Morgan fingerprint density at radius 1 is 1.18 bits per heavy atom. The van der Waals surface area contributed by atoms with E-state index in [2.05, 4.69) is 24.5 Å². The van der Waals surface area contributed by atoms with E-state index in [0.717, 1.165) is 6.42 Å². The van der Waals surface area contributed by atoms with Crippen molar-refractivity contribution in [3.63, 3.8) is 0 Å². The van der Waals surface area contributed by atoms with Crippen LogP contribution < -0.4 is 10.6 Å². The van der Waals surface area contributed by atoms with Gasteiger partial charge < -0.3 is 15.7 Å². The van der Waals surface area contributed by atoms with Crippen LogP contribution in [0.2, 0.25) is 5.02 Å². The van der Waals surface area contributed by atoms with Gasteiger partial charge in [-0.3, -0.25) is 4.79 Å². The van der Waals surface area contributed by atoms with Crippen LogP contribution >= 0.6 is 11.6 Å². The number of hydrogen-bond donors (Lipinski definition) is 3. The molecule has 1 rings (SSSR count). The Morgan fingerprint density at radius 2 is 1.82 bits per heavy atom. The molecule has 0 heterocycles. The van der Waals surface area contributed by atoms with Crippen LogP contribution in [0.3, 0.4) is 0 Å². The van der Waals surface area contributed by atoms with Gasteiger partial charge in [-0.2, -0.15) is 0 Å². The van der Waals surface area contributed by atoms with Crippen molar-refractivity contribution in [3.8, 4) is 0 Å². The van der Waals surface area contributed by atoms with Crippen LogP contribution in [0.15, 0.2) is 18.2 Å². The lowest BCUT2D eigenvalue weighted by Gasteiger charge is -2.26. The molecule has 34 heavy (non-hydrogen) atoms. The van der Waals surface area contributed by atoms with E-state index < -0.39 is 33.9 Å². The third-order valence-electron chi connectivity index (χ3n) is 5.37. The SMILES string of the molecule is CCCN(CCC)S(=O)(=O)CCC(=O)N[C@@H](Cc1cc(F)cc(Cl)c1)[C@H](O)CNCCC(C)C. The second-order valence-corrected chi connectivity index (χ2v) is 11.6. The quantitative estimate of drug-likeness (QED) is 0.273. The first-order chi connectivity index (χ1) is 16.0. The number of carbonyl (C=O) groups excluding carboxylic acids is 1. The second-order valence-electron chi connectivity index (χ2n) is 9.07. The highest BCUT2D eigenvalue weighted by Gasteiger charge is 2.25. The molecule has 0 bridgehead atoms. The van der Waals surface area contributed by atoms with Crippen molar-refractivity contribution >= 4 is 27.5 Å². The molecule has 1 aromatic rings. The van der Waals surface area contributed by atoms with Crippen LogP contribution in [-0.2, 0) is 21.2 Å². The molecule has 2 atom stereocenters. The molecule has 0 aromatic heterocycles. The van der Waals surface area contributed by atoms with Gasteiger partial charge in [0.15, 0.2) is 0 Å². The molecule has 0 saturated heterocycles. The number of nitrogens with one attached hydrogen (secondary N) is 2. The third kappa shape index (κ3) is 11.9. The van der Waals surface area contributed by atoms with E-state index in [1.54, 1.807) is 6.07 Å². The van der Waals surface area contributed by atoms with E-state index in [1.165, 1.54) is 16.4 Å². The Morgan fingerprint density at radius 3 is 2.38 bits per heavy atom. The molecule has 0 spiro atoms. The van der Waals surface area contributed by atoms with Crippen LogP contribution in [-0.4, -0.2) is 67.8 Å². The van der Waals surface area contributed by atoms with Gasteiger partial charge in [0.05, 0.1) is 17.9 Å². The number of rotatable bonds is 17. The number of aliphatic hydroxyl groups is 1. The number of aliphatic hydroxyl groups excluding tert-OH is 1. The fourth-order valence-electron chi connectivity index (χ4n) is 3.57. The van der Waals surface area contributed by atoms with Crippen LogP contribution in [0.5, 0.6) is 0 Å². The topological polar surface area (TPSA) is 98.7 Å². The fraction of sp³-hybridized carbons (Fsp3) is 0.708. The van der Waals surface area contributed by atoms with E-state index in [-0.39, 0.29) is 30.2 Å². The molecule has 0 aliphatic carbocycles. The molecule has 0 aliphatic heterocycles. The molecule has 0 fully saturated rings. The molecular formula is C24H41ClFN3O4S. The minimum absolute atomic E-state index is 0.154. The maximum Gasteiger partial charge on any atom is 0.221 e. The maximum absolute atomic E-state index is 13.8. The van der Waals surface area contributed by atoms with E-state index in [0.29, 0.717) is 44.0 Å². The summed E-state index contributed by atoms with van der Waals surface area (Å²) in [7, 11) is -3.56. The van der Waals surface area contributed by atoms with Crippen molar-refractivity contribution in [1.82, 2.24) is 14.9 Å². The smallest absolute Gasteiger partial charge is 0.221 e. The predicted molar refractivity (Wildman–Crippen MR) is 136 cm³/mol. The molecule has 0 aliphatic rings. The molecular weight excluding hydrogens is 481 g/mol. The summed E-state index contributed by atoms with van der Waals surface area (Å²) >= 11 is 5.96. The zero-order chi connectivity index (χ0) is 25.7. The van der Waals surface area contributed by atoms with Gasteiger partial charge >= 0.3 is 0 Å². The van der Waals surface area contributed by atoms with Gasteiger partial charge in [0, 0.05) is 31.1 Å². The first-order valence-corrected chi connectivity index (χ1v) is 14.1. The summed E-state index contributed by atoms with van der Waals surface area (Å²) in [6.07, 6.45) is 1.31. The average molecular weight is 522 g/mol. The van der Waals surface area contributed by atoms with E-state index in [4.69, 9.17) is 11.6 Å². The summed E-state index contributed by atoms with van der Waals surface area (Å²) in [6.45, 7) is 9.80. The zero-order valence-electron chi connectivity index (χ0n) is 20.8. The maximum atomic E-state index is 13.8. The molecule has 0 unspecified atom stereocenters. The van der Waals surface area contributed by atoms with Gasteiger partial charge in [-0.15, -0.1) is 0 Å². The first-order valence-electron chi connectivity index (χ1n) is 12.1. The second kappa shape index (κ2) is 15.7. The monoisotopic (exact) mass is 521 g/mol. The first kappa shape index (κ1) is 30.8. The van der Waals surface area contributed by atoms with Gasteiger partial charge in [0.2, 0.25) is 15.9 Å². The number of nitrogens with zero attached hydrogens (tertiary/aromatic N) is 1. The Bertz CT molecular complexity index is 828. The summed E-state index contributed by atoms with van der Waals surface area (Å²) in [5.74, 6) is -0.781. The number of halogens is 2. The van der Waals surface area contributed by atoms with Crippen LogP contribution in [0, 0.1) is 11.7 Å². The lowest BCUT2D eigenvalue weighted by molar-refractivity contribution is -0.122. The number of carbonyl (C=O) groups is 1. The number of sulfonamides is 1. The molecule has 1 aromatic carbocycles. The standard InChI is InChI=1S/C24H41ClFN3O4S/c1-5-10-29(11-6-2)34(32,33)12-8-24(31)28-22(23(30)17-27-9-7-18(3)4)15-19-13-20(25)16-21(26)14-19/h13-14,16,18,22-23,27,30H,5-12,15,17H2,1-4H3,(H,28,31)/t22-,23+/m0/s1. The van der Waals surface area contributed by atoms with Gasteiger partial charge in [-0.05, 0) is 61.9 Å². The van der Waals surface area contributed by atoms with Crippen molar-refractivity contribution in [2.75, 3.05) is 31.9 Å². The van der Waals surface area contributed by atoms with Gasteiger partial charge in [0.25, 0.3) is 0 Å². The fourth-order valence-corrected chi connectivity index (χ4v) is 5.43. The Labute approximate surface area is 209 Å². The van der Waals surface area contributed by atoms with E-state index in [9.17, 15) is 22.7 Å². The minimum Gasteiger partial charge on any atom is -0.390 e. The molecule has 0 radical (unpaired) electrons. The van der Waals surface area contributed by atoms with Crippen molar-refractivity contribution in [2.45, 2.75) is 71.9 Å². The Kier molecular flexibility index (Phi) is 14.2. The summed E-state index contributed by atoms with van der Waals surface area (Å²) in [5.41, 5.74) is 0.529. The van der Waals surface area contributed by atoms with Crippen LogP contribution in [0.4, 0.5) is 4.39 Å².